The summed E-state index contributed by atoms with van der Waals surface area (Å²) in [7, 11) is 3.31. The van der Waals surface area contributed by atoms with E-state index in [0.717, 1.165) is 38.1 Å². The molecule has 0 spiro atoms. The van der Waals surface area contributed by atoms with Gasteiger partial charge in [0.2, 0.25) is 0 Å². The number of hydrogen-bond donors (Lipinski definition) is 1. The van der Waals surface area contributed by atoms with Gasteiger partial charge in [-0.15, -0.1) is 0 Å². The van der Waals surface area contributed by atoms with Gasteiger partial charge in [0.15, 0.2) is 0 Å². The van der Waals surface area contributed by atoms with Crippen molar-refractivity contribution in [2.75, 3.05) is 19.5 Å². The molecule has 0 saturated carbocycles. The lowest BCUT2D eigenvalue weighted by molar-refractivity contribution is 0.391. The van der Waals surface area contributed by atoms with Crippen LogP contribution in [-0.4, -0.2) is 19.2 Å². The highest BCUT2D eigenvalue weighted by molar-refractivity contribution is 9.10. The van der Waals surface area contributed by atoms with E-state index in [1.165, 1.54) is 0 Å². The molecule has 0 aliphatic rings. The monoisotopic (exact) mass is 372 g/mol. The second-order valence-electron chi connectivity index (χ2n) is 5.05. The summed E-state index contributed by atoms with van der Waals surface area (Å²) in [5.41, 5.74) is 3.06. The van der Waals surface area contributed by atoms with Crippen molar-refractivity contribution >= 4 is 32.5 Å². The average molecular weight is 373 g/mol. The van der Waals surface area contributed by atoms with Gasteiger partial charge in [-0.05, 0) is 36.4 Å². The molecule has 0 amide bonds. The molecule has 4 nitrogen and oxygen atoms in total. The number of nitrogens with one attached hydrogen (secondary N) is 1. The molecule has 0 unspecified atom stereocenters. The van der Waals surface area contributed by atoms with Gasteiger partial charge in [-0.2, -0.15) is 0 Å². The SMILES string of the molecule is COc1ccc(CNc2ccnc3cc(Br)ccc23)c(OC)c1. The normalized spacial score (nSPS) is 10.6. The predicted octanol–water partition coefficient (Wildman–Crippen LogP) is 4.63. The molecule has 0 bridgehead atoms. The first-order valence-corrected chi connectivity index (χ1v) is 7.99. The predicted molar refractivity (Wildman–Crippen MR) is 96.3 cm³/mol. The largest absolute Gasteiger partial charge is 0.497 e. The molecule has 5 heteroatoms. The van der Waals surface area contributed by atoms with E-state index in [-0.39, 0.29) is 0 Å². The lowest BCUT2D eigenvalue weighted by Gasteiger charge is -2.13. The Kier molecular flexibility index (Phi) is 4.67. The Hall–Kier alpha value is -2.27. The van der Waals surface area contributed by atoms with E-state index < -0.39 is 0 Å². The van der Waals surface area contributed by atoms with Crippen molar-refractivity contribution < 1.29 is 9.47 Å². The van der Waals surface area contributed by atoms with Crippen LogP contribution in [0.25, 0.3) is 10.9 Å². The number of aromatic nitrogens is 1. The van der Waals surface area contributed by atoms with Gasteiger partial charge in [0, 0.05) is 39.9 Å². The standard InChI is InChI=1S/C18H17BrN2O2/c1-22-14-5-3-12(18(10-14)23-2)11-21-16-7-8-20-17-9-13(19)4-6-15(16)17/h3-10H,11H2,1-2H3,(H,20,21). The summed E-state index contributed by atoms with van der Waals surface area (Å²) in [5.74, 6) is 1.59. The number of halogens is 1. The lowest BCUT2D eigenvalue weighted by atomic mass is 10.1. The molecule has 0 fully saturated rings. The quantitative estimate of drug-likeness (QED) is 0.709. The molecule has 0 aliphatic heterocycles. The summed E-state index contributed by atoms with van der Waals surface area (Å²) in [4.78, 5) is 4.40. The summed E-state index contributed by atoms with van der Waals surface area (Å²) >= 11 is 3.48. The van der Waals surface area contributed by atoms with Crippen molar-refractivity contribution in [2.45, 2.75) is 6.54 Å². The fraction of sp³-hybridized carbons (Fsp3) is 0.167. The number of anilines is 1. The second kappa shape index (κ2) is 6.87. The minimum atomic E-state index is 0.655. The Morgan fingerprint density at radius 3 is 2.70 bits per heavy atom. The molecule has 0 aliphatic carbocycles. The van der Waals surface area contributed by atoms with Crippen LogP contribution in [0.15, 0.2) is 53.1 Å². The van der Waals surface area contributed by atoms with Gasteiger partial charge in [-0.1, -0.05) is 15.9 Å². The van der Waals surface area contributed by atoms with Crippen molar-refractivity contribution in [2.24, 2.45) is 0 Å². The van der Waals surface area contributed by atoms with Crippen molar-refractivity contribution in [3.8, 4) is 11.5 Å². The first-order chi connectivity index (χ1) is 11.2. The molecule has 3 aromatic rings. The number of fused-ring (bicyclic) bond motifs is 1. The van der Waals surface area contributed by atoms with E-state index in [1.54, 1.807) is 14.2 Å². The van der Waals surface area contributed by atoms with Gasteiger partial charge in [-0.25, -0.2) is 0 Å². The van der Waals surface area contributed by atoms with Crippen LogP contribution in [0, 0.1) is 0 Å². The third-order valence-electron chi connectivity index (χ3n) is 3.67. The second-order valence-corrected chi connectivity index (χ2v) is 5.97. The highest BCUT2D eigenvalue weighted by atomic mass is 79.9. The zero-order valence-electron chi connectivity index (χ0n) is 13.0. The van der Waals surface area contributed by atoms with Crippen LogP contribution in [0.4, 0.5) is 5.69 Å². The van der Waals surface area contributed by atoms with Crippen LogP contribution in [0.2, 0.25) is 0 Å². The maximum absolute atomic E-state index is 5.44. The van der Waals surface area contributed by atoms with Crippen molar-refractivity contribution in [1.82, 2.24) is 4.98 Å². The molecule has 3 rings (SSSR count). The Morgan fingerprint density at radius 2 is 1.91 bits per heavy atom. The Labute approximate surface area is 143 Å². The number of benzene rings is 2. The minimum Gasteiger partial charge on any atom is -0.497 e. The molecule has 0 radical (unpaired) electrons. The Bertz CT molecular complexity index is 836. The topological polar surface area (TPSA) is 43.4 Å². The molecular weight excluding hydrogens is 356 g/mol. The first kappa shape index (κ1) is 15.6. The zero-order valence-corrected chi connectivity index (χ0v) is 14.6. The van der Waals surface area contributed by atoms with E-state index in [1.807, 2.05) is 42.6 Å². The number of pyridine rings is 1. The molecule has 118 valence electrons. The fourth-order valence-corrected chi connectivity index (χ4v) is 2.81. The third-order valence-corrected chi connectivity index (χ3v) is 4.16. The summed E-state index contributed by atoms with van der Waals surface area (Å²) < 4.78 is 11.7. The maximum atomic E-state index is 5.44. The molecule has 1 N–H and O–H groups in total. The van der Waals surface area contributed by atoms with E-state index in [2.05, 4.69) is 32.3 Å². The average Bonchev–Trinajstić information content (AvgIpc) is 2.59. The summed E-state index contributed by atoms with van der Waals surface area (Å²) in [6.07, 6.45) is 1.81. The van der Waals surface area contributed by atoms with Crippen molar-refractivity contribution in [3.05, 3.63) is 58.7 Å². The van der Waals surface area contributed by atoms with Crippen molar-refractivity contribution in [1.29, 1.82) is 0 Å². The highest BCUT2D eigenvalue weighted by Crippen LogP contribution is 2.28. The van der Waals surface area contributed by atoms with Crippen LogP contribution in [0.3, 0.4) is 0 Å². The van der Waals surface area contributed by atoms with E-state index in [9.17, 15) is 0 Å². The van der Waals surface area contributed by atoms with Gasteiger partial charge >= 0.3 is 0 Å². The van der Waals surface area contributed by atoms with Crippen LogP contribution in [0.1, 0.15) is 5.56 Å². The number of methoxy groups -OCH3 is 2. The Morgan fingerprint density at radius 1 is 1.04 bits per heavy atom. The van der Waals surface area contributed by atoms with Gasteiger partial charge in [0.25, 0.3) is 0 Å². The molecule has 2 aromatic carbocycles. The minimum absolute atomic E-state index is 0.655. The highest BCUT2D eigenvalue weighted by Gasteiger charge is 2.07. The van der Waals surface area contributed by atoms with E-state index in [0.29, 0.717) is 6.54 Å². The molecular formula is C18H17BrN2O2. The summed E-state index contributed by atoms with van der Waals surface area (Å²) in [6, 6.07) is 13.9. The molecule has 1 heterocycles. The van der Waals surface area contributed by atoms with Gasteiger partial charge < -0.3 is 14.8 Å². The van der Waals surface area contributed by atoms with E-state index in [4.69, 9.17) is 9.47 Å². The molecule has 0 atom stereocenters. The zero-order chi connectivity index (χ0) is 16.2. The lowest BCUT2D eigenvalue weighted by Crippen LogP contribution is -2.03. The summed E-state index contributed by atoms with van der Waals surface area (Å²) in [6.45, 7) is 0.655. The molecule has 1 aromatic heterocycles. The summed E-state index contributed by atoms with van der Waals surface area (Å²) in [5, 5.41) is 4.55. The van der Waals surface area contributed by atoms with Crippen LogP contribution < -0.4 is 14.8 Å². The van der Waals surface area contributed by atoms with Gasteiger partial charge in [-0.3, -0.25) is 4.98 Å². The van der Waals surface area contributed by atoms with Gasteiger partial charge in [0.1, 0.15) is 11.5 Å². The number of nitrogens with zero attached hydrogens (tertiary/aromatic N) is 1. The number of ether oxygens (including phenoxy) is 2. The maximum Gasteiger partial charge on any atom is 0.127 e. The third kappa shape index (κ3) is 3.40. The Balaban J connectivity index is 1.86. The van der Waals surface area contributed by atoms with Crippen LogP contribution in [-0.2, 0) is 6.54 Å². The van der Waals surface area contributed by atoms with Crippen LogP contribution >= 0.6 is 15.9 Å². The molecule has 0 saturated heterocycles. The number of rotatable bonds is 5. The fourth-order valence-electron chi connectivity index (χ4n) is 2.46. The smallest absolute Gasteiger partial charge is 0.127 e. The van der Waals surface area contributed by atoms with Crippen molar-refractivity contribution in [3.63, 3.8) is 0 Å². The number of hydrogen-bond acceptors (Lipinski definition) is 4. The molecule has 23 heavy (non-hydrogen) atoms. The first-order valence-electron chi connectivity index (χ1n) is 7.20. The van der Waals surface area contributed by atoms with E-state index >= 15 is 0 Å². The van der Waals surface area contributed by atoms with Crippen LogP contribution in [0.5, 0.6) is 11.5 Å². The van der Waals surface area contributed by atoms with Gasteiger partial charge in [0.05, 0.1) is 19.7 Å².